The highest BCUT2D eigenvalue weighted by atomic mass is 15.3. The molecule has 4 nitrogen and oxygen atoms in total. The van der Waals surface area contributed by atoms with Crippen LogP contribution in [0.15, 0.2) is 12.4 Å². The van der Waals surface area contributed by atoms with Crippen LogP contribution in [-0.4, -0.2) is 40.4 Å². The molecule has 20 heavy (non-hydrogen) atoms. The van der Waals surface area contributed by atoms with Gasteiger partial charge >= 0.3 is 0 Å². The third kappa shape index (κ3) is 3.00. The van der Waals surface area contributed by atoms with Crippen molar-refractivity contribution in [1.82, 2.24) is 14.7 Å². The normalized spacial score (nSPS) is 28.4. The van der Waals surface area contributed by atoms with Crippen molar-refractivity contribution in [2.75, 3.05) is 25.0 Å². The minimum Gasteiger partial charge on any atom is -0.379 e. The Bertz CT molecular complexity index is 424. The van der Waals surface area contributed by atoms with Crippen molar-refractivity contribution in [3.8, 4) is 0 Å². The lowest BCUT2D eigenvalue weighted by Gasteiger charge is -2.23. The first-order valence-electron chi connectivity index (χ1n) is 8.29. The second kappa shape index (κ2) is 6.17. The van der Waals surface area contributed by atoms with Gasteiger partial charge in [0.1, 0.15) is 0 Å². The molecule has 1 heterocycles. The third-order valence-electron chi connectivity index (χ3n) is 5.26. The summed E-state index contributed by atoms with van der Waals surface area (Å²) >= 11 is 0. The summed E-state index contributed by atoms with van der Waals surface area (Å²) in [5, 5.41) is 8.20. The van der Waals surface area contributed by atoms with Gasteiger partial charge in [-0.25, -0.2) is 0 Å². The van der Waals surface area contributed by atoms with Crippen LogP contribution < -0.4 is 5.32 Å². The van der Waals surface area contributed by atoms with Gasteiger partial charge in [-0.3, -0.25) is 4.68 Å². The van der Waals surface area contributed by atoms with Crippen molar-refractivity contribution in [1.29, 1.82) is 0 Å². The van der Waals surface area contributed by atoms with Crippen LogP contribution in [0.3, 0.4) is 0 Å². The number of anilines is 1. The van der Waals surface area contributed by atoms with Gasteiger partial charge in [-0.2, -0.15) is 5.10 Å². The maximum absolute atomic E-state index is 4.49. The summed E-state index contributed by atoms with van der Waals surface area (Å²) in [6.45, 7) is 8.74. The molecule has 0 saturated heterocycles. The zero-order chi connectivity index (χ0) is 13.9. The van der Waals surface area contributed by atoms with Crippen molar-refractivity contribution in [2.24, 2.45) is 11.8 Å². The molecule has 112 valence electrons. The highest BCUT2D eigenvalue weighted by Gasteiger charge is 2.39. The standard InChI is InChI=1S/C16H28N4/c1-3-19(4-2)7-8-20-12-15(11-17-20)18-16-10-13-5-6-14(16)9-13/h11-14,16,18H,3-10H2,1-2H3. The average Bonchev–Trinajstić information content (AvgIpc) is 3.17. The predicted octanol–water partition coefficient (Wildman–Crippen LogP) is 2.83. The molecule has 0 aliphatic heterocycles. The van der Waals surface area contributed by atoms with E-state index in [0.717, 1.165) is 38.0 Å². The Hall–Kier alpha value is -1.03. The Morgan fingerprint density at radius 2 is 2.15 bits per heavy atom. The van der Waals surface area contributed by atoms with Gasteiger partial charge in [0.2, 0.25) is 0 Å². The molecule has 2 fully saturated rings. The van der Waals surface area contributed by atoms with Gasteiger partial charge in [0.05, 0.1) is 18.4 Å². The maximum Gasteiger partial charge on any atom is 0.0728 e. The van der Waals surface area contributed by atoms with Crippen molar-refractivity contribution in [3.63, 3.8) is 0 Å². The van der Waals surface area contributed by atoms with E-state index >= 15 is 0 Å². The molecule has 1 aromatic heterocycles. The van der Waals surface area contributed by atoms with Crippen LogP contribution >= 0.6 is 0 Å². The molecule has 0 radical (unpaired) electrons. The SMILES string of the molecule is CCN(CC)CCn1cc(NC2CC3CCC2C3)cn1. The molecule has 2 aliphatic carbocycles. The summed E-state index contributed by atoms with van der Waals surface area (Å²) in [6.07, 6.45) is 9.89. The molecular formula is C16H28N4. The Morgan fingerprint density at radius 1 is 1.30 bits per heavy atom. The first kappa shape index (κ1) is 13.9. The first-order valence-corrected chi connectivity index (χ1v) is 8.29. The molecule has 3 rings (SSSR count). The maximum atomic E-state index is 4.49. The molecule has 2 saturated carbocycles. The van der Waals surface area contributed by atoms with Gasteiger partial charge in [0.15, 0.2) is 0 Å². The lowest BCUT2D eigenvalue weighted by atomic mass is 9.95. The zero-order valence-corrected chi connectivity index (χ0v) is 12.9. The van der Waals surface area contributed by atoms with E-state index in [1.807, 2.05) is 6.20 Å². The van der Waals surface area contributed by atoms with Crippen LogP contribution in [0.1, 0.15) is 39.5 Å². The summed E-state index contributed by atoms with van der Waals surface area (Å²) in [6, 6.07) is 0.703. The number of nitrogens with one attached hydrogen (secondary N) is 1. The van der Waals surface area contributed by atoms with Crippen LogP contribution in [-0.2, 0) is 6.54 Å². The Balaban J connectivity index is 1.49. The first-order chi connectivity index (χ1) is 9.78. The molecule has 3 unspecified atom stereocenters. The Labute approximate surface area is 122 Å². The molecule has 0 amide bonds. The molecule has 2 bridgehead atoms. The summed E-state index contributed by atoms with van der Waals surface area (Å²) < 4.78 is 2.08. The molecule has 2 aliphatic rings. The van der Waals surface area contributed by atoms with Crippen LogP contribution in [0.2, 0.25) is 0 Å². The van der Waals surface area contributed by atoms with Crippen molar-refractivity contribution in [3.05, 3.63) is 12.4 Å². The Kier molecular flexibility index (Phi) is 4.29. The lowest BCUT2D eigenvalue weighted by Crippen LogP contribution is -2.27. The molecule has 1 aromatic rings. The van der Waals surface area contributed by atoms with Crippen LogP contribution in [0.25, 0.3) is 0 Å². The number of likely N-dealkylation sites (N-methyl/N-ethyl adjacent to an activating group) is 1. The van der Waals surface area contributed by atoms with E-state index in [1.54, 1.807) is 0 Å². The monoisotopic (exact) mass is 276 g/mol. The van der Waals surface area contributed by atoms with E-state index in [4.69, 9.17) is 0 Å². The highest BCUT2D eigenvalue weighted by molar-refractivity contribution is 5.40. The second-order valence-corrected chi connectivity index (χ2v) is 6.44. The van der Waals surface area contributed by atoms with Crippen LogP contribution in [0, 0.1) is 11.8 Å². The topological polar surface area (TPSA) is 33.1 Å². The molecule has 4 heteroatoms. The van der Waals surface area contributed by atoms with Gasteiger partial charge < -0.3 is 10.2 Å². The number of rotatable bonds is 7. The van der Waals surface area contributed by atoms with Gasteiger partial charge in [-0.15, -0.1) is 0 Å². The van der Waals surface area contributed by atoms with Gasteiger partial charge in [-0.05, 0) is 44.2 Å². The van der Waals surface area contributed by atoms with Crippen LogP contribution in [0.4, 0.5) is 5.69 Å². The molecule has 0 spiro atoms. The van der Waals surface area contributed by atoms with Gasteiger partial charge in [0.25, 0.3) is 0 Å². The molecule has 3 atom stereocenters. The Morgan fingerprint density at radius 3 is 2.80 bits per heavy atom. The number of fused-ring (bicyclic) bond motifs is 2. The summed E-state index contributed by atoms with van der Waals surface area (Å²) in [4.78, 5) is 2.44. The van der Waals surface area contributed by atoms with Crippen molar-refractivity contribution in [2.45, 2.75) is 52.1 Å². The average molecular weight is 276 g/mol. The van der Waals surface area contributed by atoms with Crippen molar-refractivity contribution >= 4 is 5.69 Å². The van der Waals surface area contributed by atoms with E-state index in [-0.39, 0.29) is 0 Å². The van der Waals surface area contributed by atoms with E-state index in [1.165, 1.54) is 31.4 Å². The fourth-order valence-corrected chi connectivity index (χ4v) is 3.98. The minimum atomic E-state index is 0.703. The van der Waals surface area contributed by atoms with Gasteiger partial charge in [0, 0.05) is 18.8 Å². The molecular weight excluding hydrogens is 248 g/mol. The smallest absolute Gasteiger partial charge is 0.0728 e. The number of hydrogen-bond donors (Lipinski definition) is 1. The largest absolute Gasteiger partial charge is 0.379 e. The summed E-state index contributed by atoms with van der Waals surface area (Å²) in [5.41, 5.74) is 1.21. The van der Waals surface area contributed by atoms with Crippen molar-refractivity contribution < 1.29 is 0 Å². The lowest BCUT2D eigenvalue weighted by molar-refractivity contribution is 0.285. The van der Waals surface area contributed by atoms with E-state index in [2.05, 4.69) is 40.0 Å². The van der Waals surface area contributed by atoms with E-state index in [0.29, 0.717) is 6.04 Å². The highest BCUT2D eigenvalue weighted by Crippen LogP contribution is 2.45. The molecule has 0 aromatic carbocycles. The third-order valence-corrected chi connectivity index (χ3v) is 5.26. The molecule has 1 N–H and O–H groups in total. The summed E-state index contributed by atoms with van der Waals surface area (Å²) in [7, 11) is 0. The number of aromatic nitrogens is 2. The fourth-order valence-electron chi connectivity index (χ4n) is 3.98. The predicted molar refractivity (Wildman–Crippen MR) is 82.9 cm³/mol. The quantitative estimate of drug-likeness (QED) is 0.831. The van der Waals surface area contributed by atoms with Crippen LogP contribution in [0.5, 0.6) is 0 Å². The minimum absolute atomic E-state index is 0.703. The number of nitrogens with zero attached hydrogens (tertiary/aromatic N) is 3. The van der Waals surface area contributed by atoms with Gasteiger partial charge in [-0.1, -0.05) is 20.3 Å². The van der Waals surface area contributed by atoms with E-state index in [9.17, 15) is 0 Å². The zero-order valence-electron chi connectivity index (χ0n) is 12.9. The summed E-state index contributed by atoms with van der Waals surface area (Å²) in [5.74, 6) is 1.91. The second-order valence-electron chi connectivity index (χ2n) is 6.44. The number of hydrogen-bond acceptors (Lipinski definition) is 3. The fraction of sp³-hybridized carbons (Fsp3) is 0.812. The van der Waals surface area contributed by atoms with E-state index < -0.39 is 0 Å².